The van der Waals surface area contributed by atoms with E-state index in [0.29, 0.717) is 13.0 Å². The highest BCUT2D eigenvalue weighted by Crippen LogP contribution is 2.33. The Balaban J connectivity index is 1.71. The molecule has 3 rings (SSSR count). The van der Waals surface area contributed by atoms with Gasteiger partial charge in [-0.05, 0) is 43.9 Å². The molecule has 26 heavy (non-hydrogen) atoms. The predicted molar refractivity (Wildman–Crippen MR) is 95.4 cm³/mol. The maximum absolute atomic E-state index is 12.4. The van der Waals surface area contributed by atoms with Gasteiger partial charge in [-0.15, -0.1) is 0 Å². The number of carbonyl (C=O) groups excluding carboxylic acids is 3. The quantitative estimate of drug-likeness (QED) is 0.552. The third-order valence-electron chi connectivity index (χ3n) is 4.84. The highest BCUT2D eigenvalue weighted by Gasteiger charge is 2.45. The zero-order chi connectivity index (χ0) is 18.7. The summed E-state index contributed by atoms with van der Waals surface area (Å²) < 4.78 is 5.48. The molecule has 0 bridgehead atoms. The Morgan fingerprint density at radius 2 is 1.73 bits per heavy atom. The molecular formula is C19H25N3O4. The van der Waals surface area contributed by atoms with Crippen LogP contribution in [-0.4, -0.2) is 58.9 Å². The first-order valence-corrected chi connectivity index (χ1v) is 9.21. The van der Waals surface area contributed by atoms with Crippen LogP contribution in [0.4, 0.5) is 4.79 Å². The maximum Gasteiger partial charge on any atom is 0.335 e. The van der Waals surface area contributed by atoms with E-state index in [2.05, 4.69) is 4.90 Å². The number of imide groups is 2. The van der Waals surface area contributed by atoms with Crippen molar-refractivity contribution in [1.82, 2.24) is 14.7 Å². The van der Waals surface area contributed by atoms with Gasteiger partial charge in [0.05, 0.1) is 13.3 Å². The lowest BCUT2D eigenvalue weighted by atomic mass is 10.0. The van der Waals surface area contributed by atoms with Gasteiger partial charge >= 0.3 is 17.8 Å². The number of hydrogen-bond donors (Lipinski definition) is 0. The van der Waals surface area contributed by atoms with Gasteiger partial charge in [0.15, 0.2) is 0 Å². The Hall–Kier alpha value is -2.41. The molecule has 7 nitrogen and oxygen atoms in total. The van der Waals surface area contributed by atoms with E-state index in [0.717, 1.165) is 40.5 Å². The van der Waals surface area contributed by atoms with Gasteiger partial charge in [-0.2, -0.15) is 0 Å². The largest absolute Gasteiger partial charge is 0.494 e. The van der Waals surface area contributed by atoms with Crippen molar-refractivity contribution in [3.05, 3.63) is 29.8 Å². The van der Waals surface area contributed by atoms with Gasteiger partial charge in [0, 0.05) is 19.1 Å². The van der Waals surface area contributed by atoms with Gasteiger partial charge in [0.1, 0.15) is 5.75 Å². The van der Waals surface area contributed by atoms with Gasteiger partial charge in [-0.3, -0.25) is 19.4 Å². The topological polar surface area (TPSA) is 70.2 Å². The van der Waals surface area contributed by atoms with Crippen LogP contribution in [0.15, 0.2) is 24.3 Å². The van der Waals surface area contributed by atoms with Crippen LogP contribution in [0.5, 0.6) is 5.75 Å². The normalized spacial score (nSPS) is 21.2. The first-order chi connectivity index (χ1) is 12.6. The molecule has 1 atom stereocenters. The van der Waals surface area contributed by atoms with Crippen molar-refractivity contribution in [3.63, 3.8) is 0 Å². The molecule has 1 aromatic carbocycles. The lowest BCUT2D eigenvalue weighted by Crippen LogP contribution is -2.42. The summed E-state index contributed by atoms with van der Waals surface area (Å²) in [5.74, 6) is -0.610. The number of benzene rings is 1. The molecule has 2 aliphatic heterocycles. The summed E-state index contributed by atoms with van der Waals surface area (Å²) in [6.07, 6.45) is 2.58. The van der Waals surface area contributed by atoms with Crippen LogP contribution in [0.25, 0.3) is 0 Å². The molecule has 1 unspecified atom stereocenters. The number of hydrogen-bond acceptors (Lipinski definition) is 5. The van der Waals surface area contributed by atoms with Gasteiger partial charge in [0.25, 0.3) is 0 Å². The van der Waals surface area contributed by atoms with Crippen LogP contribution in [0.1, 0.15) is 44.7 Å². The number of rotatable bonds is 7. The second-order valence-electron chi connectivity index (χ2n) is 6.59. The molecule has 4 amide bonds. The number of carbonyl (C=O) groups is 3. The lowest BCUT2D eigenvalue weighted by molar-refractivity contribution is -0.144. The van der Waals surface area contributed by atoms with E-state index in [4.69, 9.17) is 4.74 Å². The Morgan fingerprint density at radius 1 is 1.04 bits per heavy atom. The molecule has 1 aromatic rings. The minimum Gasteiger partial charge on any atom is -0.494 e. The first-order valence-electron chi connectivity index (χ1n) is 9.21. The SMILES string of the molecule is CCCN1C(=O)C(=O)N(CN2CCCC2c2ccc(OCC)cc2)C1=O. The van der Waals surface area contributed by atoms with Crippen molar-refractivity contribution >= 4 is 17.8 Å². The van der Waals surface area contributed by atoms with E-state index in [1.807, 2.05) is 38.1 Å². The minimum atomic E-state index is -0.721. The summed E-state index contributed by atoms with van der Waals surface area (Å²) in [7, 11) is 0. The molecule has 0 aromatic heterocycles. The van der Waals surface area contributed by atoms with Crippen LogP contribution >= 0.6 is 0 Å². The molecule has 2 fully saturated rings. The van der Waals surface area contributed by atoms with E-state index in [1.165, 1.54) is 0 Å². The number of nitrogens with zero attached hydrogens (tertiary/aromatic N) is 3. The zero-order valence-corrected chi connectivity index (χ0v) is 15.3. The Kier molecular flexibility index (Phi) is 5.56. The van der Waals surface area contributed by atoms with Gasteiger partial charge in [-0.25, -0.2) is 9.69 Å². The van der Waals surface area contributed by atoms with Crippen molar-refractivity contribution in [1.29, 1.82) is 0 Å². The van der Waals surface area contributed by atoms with Crippen LogP contribution in [0.2, 0.25) is 0 Å². The van der Waals surface area contributed by atoms with E-state index in [-0.39, 0.29) is 19.3 Å². The molecule has 0 saturated carbocycles. The zero-order valence-electron chi connectivity index (χ0n) is 15.3. The van der Waals surface area contributed by atoms with Gasteiger partial charge < -0.3 is 4.74 Å². The Labute approximate surface area is 153 Å². The van der Waals surface area contributed by atoms with Crippen molar-refractivity contribution in [2.45, 2.75) is 39.2 Å². The van der Waals surface area contributed by atoms with Gasteiger partial charge in [0.2, 0.25) is 0 Å². The highest BCUT2D eigenvalue weighted by molar-refractivity contribution is 6.44. The van der Waals surface area contributed by atoms with Crippen molar-refractivity contribution in [2.24, 2.45) is 0 Å². The van der Waals surface area contributed by atoms with Crippen molar-refractivity contribution in [3.8, 4) is 5.75 Å². The molecule has 140 valence electrons. The molecule has 0 N–H and O–H groups in total. The maximum atomic E-state index is 12.4. The summed E-state index contributed by atoms with van der Waals surface area (Å²) in [6.45, 7) is 5.66. The van der Waals surface area contributed by atoms with E-state index in [1.54, 1.807) is 0 Å². The fraction of sp³-hybridized carbons (Fsp3) is 0.526. The average Bonchev–Trinajstić information content (AvgIpc) is 3.18. The van der Waals surface area contributed by atoms with Crippen LogP contribution in [0.3, 0.4) is 0 Å². The number of likely N-dealkylation sites (tertiary alicyclic amines) is 1. The summed E-state index contributed by atoms with van der Waals surface area (Å²) in [5, 5.41) is 0. The summed E-state index contributed by atoms with van der Waals surface area (Å²) in [6, 6.07) is 7.55. The van der Waals surface area contributed by atoms with Crippen molar-refractivity contribution < 1.29 is 19.1 Å². The van der Waals surface area contributed by atoms with Crippen LogP contribution in [0, 0.1) is 0 Å². The fourth-order valence-corrected chi connectivity index (χ4v) is 3.60. The summed E-state index contributed by atoms with van der Waals surface area (Å²) in [4.78, 5) is 40.9. The molecule has 2 heterocycles. The third-order valence-corrected chi connectivity index (χ3v) is 4.84. The lowest BCUT2D eigenvalue weighted by Gasteiger charge is -2.28. The number of amides is 4. The van der Waals surface area contributed by atoms with E-state index < -0.39 is 17.8 Å². The summed E-state index contributed by atoms with van der Waals surface area (Å²) >= 11 is 0. The smallest absolute Gasteiger partial charge is 0.335 e. The number of urea groups is 1. The Morgan fingerprint density at radius 3 is 2.38 bits per heavy atom. The summed E-state index contributed by atoms with van der Waals surface area (Å²) in [5.41, 5.74) is 1.13. The minimum absolute atomic E-state index is 0.126. The third kappa shape index (κ3) is 3.44. The number of ether oxygens (including phenoxy) is 1. The van der Waals surface area contributed by atoms with Crippen molar-refractivity contribution in [2.75, 3.05) is 26.4 Å². The first kappa shape index (κ1) is 18.4. The second-order valence-corrected chi connectivity index (χ2v) is 6.59. The standard InChI is InChI=1S/C19H25N3O4/c1-3-11-21-17(23)18(24)22(19(21)25)13-20-12-5-6-16(20)14-7-9-15(10-8-14)26-4-2/h7-10,16H,3-6,11-13H2,1-2H3. The van der Waals surface area contributed by atoms with E-state index >= 15 is 0 Å². The molecule has 2 saturated heterocycles. The fourth-order valence-electron chi connectivity index (χ4n) is 3.60. The molecular weight excluding hydrogens is 334 g/mol. The van der Waals surface area contributed by atoms with Crippen LogP contribution < -0.4 is 4.74 Å². The predicted octanol–water partition coefficient (Wildman–Crippen LogP) is 2.38. The Bertz CT molecular complexity index is 689. The average molecular weight is 359 g/mol. The monoisotopic (exact) mass is 359 g/mol. The molecule has 7 heteroatoms. The molecule has 0 radical (unpaired) electrons. The molecule has 0 spiro atoms. The van der Waals surface area contributed by atoms with E-state index in [9.17, 15) is 14.4 Å². The van der Waals surface area contributed by atoms with Gasteiger partial charge in [-0.1, -0.05) is 19.1 Å². The molecule has 0 aliphatic carbocycles. The van der Waals surface area contributed by atoms with Crippen LogP contribution in [-0.2, 0) is 9.59 Å². The second kappa shape index (κ2) is 7.86. The highest BCUT2D eigenvalue weighted by atomic mass is 16.5. The molecule has 2 aliphatic rings.